The van der Waals surface area contributed by atoms with Crippen LogP contribution in [0.4, 0.5) is 0 Å². The molecule has 3 aromatic rings. The summed E-state index contributed by atoms with van der Waals surface area (Å²) in [4.78, 5) is 12.0. The zero-order chi connectivity index (χ0) is 15.5. The van der Waals surface area contributed by atoms with E-state index in [4.69, 9.17) is 13.6 Å². The van der Waals surface area contributed by atoms with Gasteiger partial charge in [-0.1, -0.05) is 0 Å². The molecule has 114 valence electrons. The molecular formula is C15H14N2O5. The number of rotatable bonds is 5. The van der Waals surface area contributed by atoms with E-state index < -0.39 is 11.8 Å². The van der Waals surface area contributed by atoms with Crippen LogP contribution in [-0.4, -0.2) is 28.6 Å². The molecule has 2 heterocycles. The second-order valence-electron chi connectivity index (χ2n) is 4.56. The van der Waals surface area contributed by atoms with Gasteiger partial charge in [-0.15, -0.1) is 5.10 Å². The summed E-state index contributed by atoms with van der Waals surface area (Å²) in [6, 6.07) is 9.56. The minimum atomic E-state index is -0.724. The Morgan fingerprint density at radius 2 is 2.09 bits per heavy atom. The lowest BCUT2D eigenvalue weighted by Crippen LogP contribution is -2.25. The minimum absolute atomic E-state index is 0.164. The normalized spacial score (nSPS) is 12.3. The Bertz CT molecular complexity index is 786. The molecule has 2 aromatic heterocycles. The summed E-state index contributed by atoms with van der Waals surface area (Å²) >= 11 is 0. The molecule has 0 aliphatic carbocycles. The van der Waals surface area contributed by atoms with Crippen molar-refractivity contribution in [1.82, 2.24) is 9.78 Å². The Morgan fingerprint density at radius 3 is 2.68 bits per heavy atom. The van der Waals surface area contributed by atoms with Gasteiger partial charge in [-0.3, -0.25) is 0 Å². The van der Waals surface area contributed by atoms with Crippen LogP contribution in [0, 0.1) is 0 Å². The van der Waals surface area contributed by atoms with E-state index in [0.717, 1.165) is 4.68 Å². The van der Waals surface area contributed by atoms with Crippen LogP contribution in [0.25, 0.3) is 11.5 Å². The summed E-state index contributed by atoms with van der Waals surface area (Å²) < 4.78 is 16.5. The van der Waals surface area contributed by atoms with Gasteiger partial charge in [0.25, 0.3) is 0 Å². The van der Waals surface area contributed by atoms with Gasteiger partial charge in [-0.05, 0) is 36.4 Å². The maximum Gasteiger partial charge on any atom is 0.438 e. The van der Waals surface area contributed by atoms with E-state index in [2.05, 4.69) is 5.10 Å². The lowest BCUT2D eigenvalue weighted by molar-refractivity contribution is 0.216. The first-order chi connectivity index (χ1) is 10.7. The Morgan fingerprint density at radius 1 is 1.32 bits per heavy atom. The van der Waals surface area contributed by atoms with Crippen molar-refractivity contribution in [2.24, 2.45) is 0 Å². The van der Waals surface area contributed by atoms with Gasteiger partial charge in [0.15, 0.2) is 0 Å². The third-order valence-corrected chi connectivity index (χ3v) is 3.25. The lowest BCUT2D eigenvalue weighted by atomic mass is 10.2. The van der Waals surface area contributed by atoms with Gasteiger partial charge >= 0.3 is 5.76 Å². The summed E-state index contributed by atoms with van der Waals surface area (Å²) in [7, 11) is 1.57. The first-order valence-corrected chi connectivity index (χ1v) is 6.61. The van der Waals surface area contributed by atoms with Crippen molar-refractivity contribution in [3.8, 4) is 17.2 Å². The highest BCUT2D eigenvalue weighted by Gasteiger charge is 2.22. The molecule has 22 heavy (non-hydrogen) atoms. The molecule has 0 radical (unpaired) electrons. The predicted octanol–water partition coefficient (Wildman–Crippen LogP) is 1.69. The minimum Gasteiger partial charge on any atom is -0.497 e. The number of furan rings is 1. The fourth-order valence-electron chi connectivity index (χ4n) is 2.10. The maximum absolute atomic E-state index is 12.0. The van der Waals surface area contributed by atoms with Gasteiger partial charge in [0, 0.05) is 5.56 Å². The Labute approximate surface area is 125 Å². The van der Waals surface area contributed by atoms with Crippen molar-refractivity contribution in [2.75, 3.05) is 13.7 Å². The van der Waals surface area contributed by atoms with Crippen molar-refractivity contribution in [1.29, 1.82) is 0 Å². The van der Waals surface area contributed by atoms with Gasteiger partial charge < -0.3 is 18.7 Å². The molecule has 0 aliphatic heterocycles. The van der Waals surface area contributed by atoms with Crippen LogP contribution in [0.2, 0.25) is 0 Å². The van der Waals surface area contributed by atoms with Crippen LogP contribution in [0.5, 0.6) is 5.75 Å². The summed E-state index contributed by atoms with van der Waals surface area (Å²) in [6.07, 6.45) is 1.47. The number of ether oxygens (including phenoxy) is 1. The number of hydrogen-bond acceptors (Lipinski definition) is 6. The maximum atomic E-state index is 12.0. The zero-order valence-electron chi connectivity index (χ0n) is 11.8. The lowest BCUT2D eigenvalue weighted by Gasteiger charge is -2.08. The highest BCUT2D eigenvalue weighted by atomic mass is 16.5. The number of hydrogen-bond donors (Lipinski definition) is 1. The number of aliphatic hydroxyl groups is 1. The third-order valence-electron chi connectivity index (χ3n) is 3.25. The van der Waals surface area contributed by atoms with Crippen LogP contribution in [0.15, 0.2) is 56.3 Å². The first kappa shape index (κ1) is 14.2. The smallest absolute Gasteiger partial charge is 0.438 e. The SMILES string of the molecule is COc1ccc(-c2nn(C(CO)c3ccco3)c(=O)o2)cc1. The second-order valence-corrected chi connectivity index (χ2v) is 4.56. The number of aliphatic hydroxyl groups excluding tert-OH is 1. The number of nitrogens with zero attached hydrogens (tertiary/aromatic N) is 2. The summed E-state index contributed by atoms with van der Waals surface area (Å²) in [5, 5.41) is 13.6. The van der Waals surface area contributed by atoms with Gasteiger partial charge in [0.05, 0.1) is 20.0 Å². The molecular weight excluding hydrogens is 288 g/mol. The molecule has 0 saturated carbocycles. The van der Waals surface area contributed by atoms with Gasteiger partial charge in [-0.25, -0.2) is 4.79 Å². The Kier molecular flexibility index (Phi) is 3.80. The molecule has 0 spiro atoms. The quantitative estimate of drug-likeness (QED) is 0.771. The summed E-state index contributed by atoms with van der Waals surface area (Å²) in [5.41, 5.74) is 0.632. The van der Waals surface area contributed by atoms with Crippen LogP contribution in [0.1, 0.15) is 11.8 Å². The van der Waals surface area contributed by atoms with Crippen molar-refractivity contribution >= 4 is 0 Å². The molecule has 1 aromatic carbocycles. The van der Waals surface area contributed by atoms with Crippen LogP contribution in [-0.2, 0) is 0 Å². The predicted molar refractivity (Wildman–Crippen MR) is 76.7 cm³/mol. The molecule has 0 fully saturated rings. The highest BCUT2D eigenvalue weighted by Crippen LogP contribution is 2.22. The van der Waals surface area contributed by atoms with E-state index in [0.29, 0.717) is 17.1 Å². The number of benzene rings is 1. The van der Waals surface area contributed by atoms with Crippen LogP contribution in [0.3, 0.4) is 0 Å². The van der Waals surface area contributed by atoms with Gasteiger partial charge in [0.1, 0.15) is 17.6 Å². The molecule has 3 rings (SSSR count). The van der Waals surface area contributed by atoms with Crippen molar-refractivity contribution in [3.63, 3.8) is 0 Å². The van der Waals surface area contributed by atoms with Crippen LogP contribution >= 0.6 is 0 Å². The zero-order valence-corrected chi connectivity index (χ0v) is 11.8. The van der Waals surface area contributed by atoms with Crippen LogP contribution < -0.4 is 10.5 Å². The molecule has 7 heteroatoms. The van der Waals surface area contributed by atoms with E-state index in [1.165, 1.54) is 6.26 Å². The van der Waals surface area contributed by atoms with E-state index in [9.17, 15) is 9.90 Å². The molecule has 1 unspecified atom stereocenters. The highest BCUT2D eigenvalue weighted by molar-refractivity contribution is 5.53. The van der Waals surface area contributed by atoms with E-state index in [1.54, 1.807) is 43.5 Å². The number of aromatic nitrogens is 2. The molecule has 7 nitrogen and oxygen atoms in total. The van der Waals surface area contributed by atoms with Crippen molar-refractivity contribution in [2.45, 2.75) is 6.04 Å². The second kappa shape index (κ2) is 5.90. The average molecular weight is 302 g/mol. The van der Waals surface area contributed by atoms with Crippen molar-refractivity contribution < 1.29 is 18.7 Å². The Hall–Kier alpha value is -2.80. The molecule has 0 bridgehead atoms. The van der Waals surface area contributed by atoms with E-state index in [-0.39, 0.29) is 12.5 Å². The third kappa shape index (κ3) is 2.53. The largest absolute Gasteiger partial charge is 0.497 e. The van der Waals surface area contributed by atoms with Crippen molar-refractivity contribution in [3.05, 3.63) is 59.0 Å². The molecule has 1 N–H and O–H groups in total. The first-order valence-electron chi connectivity index (χ1n) is 6.61. The summed E-state index contributed by atoms with van der Waals surface area (Å²) in [5.74, 6) is 0.618. The monoisotopic (exact) mass is 302 g/mol. The molecule has 0 aliphatic rings. The standard InChI is InChI=1S/C15H14N2O5/c1-20-11-6-4-10(5-7-11)14-16-17(15(19)22-14)12(9-18)13-3-2-8-21-13/h2-8,12,18H,9H2,1H3. The fourth-order valence-corrected chi connectivity index (χ4v) is 2.10. The number of methoxy groups -OCH3 is 1. The van der Waals surface area contributed by atoms with Gasteiger partial charge in [-0.2, -0.15) is 4.68 Å². The molecule has 0 saturated heterocycles. The summed E-state index contributed by atoms with van der Waals surface area (Å²) in [6.45, 7) is -0.331. The molecule has 0 amide bonds. The van der Waals surface area contributed by atoms with E-state index >= 15 is 0 Å². The van der Waals surface area contributed by atoms with E-state index in [1.807, 2.05) is 0 Å². The molecule has 1 atom stereocenters. The Balaban J connectivity index is 1.97. The topological polar surface area (TPSA) is 90.6 Å². The fraction of sp³-hybridized carbons (Fsp3) is 0.200. The average Bonchev–Trinajstić information content (AvgIpc) is 3.19. The van der Waals surface area contributed by atoms with Gasteiger partial charge in [0.2, 0.25) is 5.89 Å².